The molecule has 0 amide bonds. The molecule has 2 aliphatic carbocycles. The van der Waals surface area contributed by atoms with E-state index in [2.05, 4.69) is 0 Å². The third-order valence-corrected chi connectivity index (χ3v) is 2.19. The van der Waals surface area contributed by atoms with Crippen LogP contribution >= 0.6 is 0 Å². The van der Waals surface area contributed by atoms with Gasteiger partial charge in [0.15, 0.2) is 12.0 Å². The molecule has 0 aromatic heterocycles. The number of carbonyl (C=O) groups excluding carboxylic acids is 1. The summed E-state index contributed by atoms with van der Waals surface area (Å²) in [5.74, 6) is -0.234. The summed E-state index contributed by atoms with van der Waals surface area (Å²) in [5, 5.41) is 0. The fourth-order valence-electron chi connectivity index (χ4n) is 1.56. The van der Waals surface area contributed by atoms with Gasteiger partial charge in [-0.25, -0.2) is 4.39 Å². The highest BCUT2D eigenvalue weighted by molar-refractivity contribution is 5.93. The highest BCUT2D eigenvalue weighted by Gasteiger charge is 2.50. The summed E-state index contributed by atoms with van der Waals surface area (Å²) >= 11 is 0. The minimum absolute atomic E-state index is 0.0139. The van der Waals surface area contributed by atoms with Crippen LogP contribution in [0.25, 0.3) is 0 Å². The molecule has 1 nitrogen and oxygen atoms in total. The number of allylic oxidation sites excluding steroid dienone is 2. The van der Waals surface area contributed by atoms with Gasteiger partial charge in [-0.1, -0.05) is 12.2 Å². The average molecular weight is 126 g/mol. The van der Waals surface area contributed by atoms with Crippen LogP contribution in [0.5, 0.6) is 0 Å². The Bertz CT molecular complexity index is 185. The van der Waals surface area contributed by atoms with Crippen LogP contribution in [0.2, 0.25) is 0 Å². The lowest BCUT2D eigenvalue weighted by atomic mass is 9.73. The van der Waals surface area contributed by atoms with E-state index < -0.39 is 6.17 Å². The van der Waals surface area contributed by atoms with Gasteiger partial charge in [0.1, 0.15) is 0 Å². The minimum Gasteiger partial charge on any atom is -0.296 e. The number of halogens is 1. The molecule has 48 valence electrons. The number of carbonyl (C=O) groups is 1. The molecule has 0 heterocycles. The van der Waals surface area contributed by atoms with E-state index in [0.717, 1.165) is 6.42 Å². The second-order valence-corrected chi connectivity index (χ2v) is 2.65. The molecule has 0 N–H and O–H groups in total. The summed E-state index contributed by atoms with van der Waals surface area (Å²) in [5.41, 5.74) is 0. The Hall–Kier alpha value is -0.660. The quantitative estimate of drug-likeness (QED) is 0.444. The SMILES string of the molecule is O=C1[C@H]2CC=C[C@H]2[C@H]1F. The van der Waals surface area contributed by atoms with Crippen molar-refractivity contribution < 1.29 is 9.18 Å². The number of alkyl halides is 1. The Balaban J connectivity index is 2.21. The van der Waals surface area contributed by atoms with Gasteiger partial charge in [0.05, 0.1) is 0 Å². The van der Waals surface area contributed by atoms with Crippen molar-refractivity contribution in [3.8, 4) is 0 Å². The minimum atomic E-state index is -1.17. The smallest absolute Gasteiger partial charge is 0.171 e. The van der Waals surface area contributed by atoms with Crippen LogP contribution in [0.3, 0.4) is 0 Å². The number of ketones is 1. The zero-order chi connectivity index (χ0) is 6.43. The highest BCUT2D eigenvalue weighted by atomic mass is 19.1. The van der Waals surface area contributed by atoms with Gasteiger partial charge in [-0.15, -0.1) is 0 Å². The zero-order valence-electron chi connectivity index (χ0n) is 4.88. The van der Waals surface area contributed by atoms with E-state index in [0.29, 0.717) is 0 Å². The topological polar surface area (TPSA) is 17.1 Å². The molecule has 0 aromatic carbocycles. The molecule has 0 spiro atoms. The van der Waals surface area contributed by atoms with E-state index in [-0.39, 0.29) is 17.6 Å². The lowest BCUT2D eigenvalue weighted by molar-refractivity contribution is -0.140. The second-order valence-electron chi connectivity index (χ2n) is 2.65. The fraction of sp³-hybridized carbons (Fsp3) is 0.571. The lowest BCUT2D eigenvalue weighted by Gasteiger charge is -2.31. The summed E-state index contributed by atoms with van der Waals surface area (Å²) in [6.07, 6.45) is 3.31. The first-order valence-corrected chi connectivity index (χ1v) is 3.15. The predicted molar refractivity (Wildman–Crippen MR) is 30.6 cm³/mol. The molecule has 1 fully saturated rings. The van der Waals surface area contributed by atoms with Crippen molar-refractivity contribution in [1.29, 1.82) is 0 Å². The highest BCUT2D eigenvalue weighted by Crippen LogP contribution is 2.41. The molecule has 0 aliphatic heterocycles. The van der Waals surface area contributed by atoms with E-state index in [1.807, 2.05) is 12.2 Å². The van der Waals surface area contributed by atoms with Gasteiger partial charge < -0.3 is 0 Å². The van der Waals surface area contributed by atoms with Crippen LogP contribution in [0.15, 0.2) is 12.2 Å². The third-order valence-electron chi connectivity index (χ3n) is 2.19. The Labute approximate surface area is 52.6 Å². The van der Waals surface area contributed by atoms with E-state index in [9.17, 15) is 9.18 Å². The van der Waals surface area contributed by atoms with Crippen LogP contribution in [0, 0.1) is 11.8 Å². The molecule has 0 bridgehead atoms. The summed E-state index contributed by atoms with van der Waals surface area (Å²) in [4.78, 5) is 10.6. The maximum Gasteiger partial charge on any atom is 0.171 e. The zero-order valence-corrected chi connectivity index (χ0v) is 4.88. The van der Waals surface area contributed by atoms with Crippen LogP contribution in [-0.4, -0.2) is 12.0 Å². The maximum atomic E-state index is 12.5. The van der Waals surface area contributed by atoms with Crippen molar-refractivity contribution in [2.24, 2.45) is 11.8 Å². The van der Waals surface area contributed by atoms with Crippen LogP contribution in [0.4, 0.5) is 4.39 Å². The van der Waals surface area contributed by atoms with Crippen molar-refractivity contribution in [3.05, 3.63) is 12.2 Å². The summed E-state index contributed by atoms with van der Waals surface area (Å²) < 4.78 is 12.5. The number of fused-ring (bicyclic) bond motifs is 1. The molecule has 0 unspecified atom stereocenters. The molecule has 2 heteroatoms. The first-order chi connectivity index (χ1) is 4.30. The first kappa shape index (κ1) is 5.15. The molecule has 1 saturated carbocycles. The summed E-state index contributed by atoms with van der Waals surface area (Å²) in [7, 11) is 0. The Morgan fingerprint density at radius 3 is 3.11 bits per heavy atom. The van der Waals surface area contributed by atoms with Crippen molar-refractivity contribution >= 4 is 5.78 Å². The maximum absolute atomic E-state index is 12.5. The molecule has 2 rings (SSSR count). The molecular weight excluding hydrogens is 119 g/mol. The van der Waals surface area contributed by atoms with E-state index in [4.69, 9.17) is 0 Å². The Kier molecular flexibility index (Phi) is 0.821. The van der Waals surface area contributed by atoms with Gasteiger partial charge in [0.2, 0.25) is 0 Å². The molecule has 0 aromatic rings. The first-order valence-electron chi connectivity index (χ1n) is 3.15. The molecule has 0 saturated heterocycles. The summed E-state index contributed by atoms with van der Waals surface area (Å²) in [6.45, 7) is 0. The normalized spacial score (nSPS) is 46.8. The molecule has 0 radical (unpaired) electrons. The third kappa shape index (κ3) is 0.460. The fourth-order valence-corrected chi connectivity index (χ4v) is 1.56. The monoisotopic (exact) mass is 126 g/mol. The van der Waals surface area contributed by atoms with E-state index in [1.54, 1.807) is 0 Å². The second kappa shape index (κ2) is 1.43. The van der Waals surface area contributed by atoms with Gasteiger partial charge in [0.25, 0.3) is 0 Å². The van der Waals surface area contributed by atoms with Crippen molar-refractivity contribution in [2.75, 3.05) is 0 Å². The van der Waals surface area contributed by atoms with Crippen LogP contribution < -0.4 is 0 Å². The Morgan fingerprint density at radius 2 is 2.44 bits per heavy atom. The number of hydrogen-bond acceptors (Lipinski definition) is 1. The largest absolute Gasteiger partial charge is 0.296 e. The predicted octanol–water partition coefficient (Wildman–Crippen LogP) is 1.10. The van der Waals surface area contributed by atoms with Crippen molar-refractivity contribution in [3.63, 3.8) is 0 Å². The molecular formula is C7H7FO. The summed E-state index contributed by atoms with van der Waals surface area (Å²) in [6, 6.07) is 0. The molecule has 9 heavy (non-hydrogen) atoms. The van der Waals surface area contributed by atoms with E-state index >= 15 is 0 Å². The number of hydrogen-bond donors (Lipinski definition) is 0. The average Bonchev–Trinajstić information content (AvgIpc) is 2.30. The van der Waals surface area contributed by atoms with Crippen LogP contribution in [-0.2, 0) is 4.79 Å². The van der Waals surface area contributed by atoms with Crippen molar-refractivity contribution in [2.45, 2.75) is 12.6 Å². The van der Waals surface area contributed by atoms with Gasteiger partial charge in [-0.05, 0) is 6.42 Å². The van der Waals surface area contributed by atoms with Gasteiger partial charge in [-0.3, -0.25) is 4.79 Å². The number of rotatable bonds is 0. The van der Waals surface area contributed by atoms with E-state index in [1.165, 1.54) is 0 Å². The number of Topliss-reactive ketones (excluding diaryl/α,β-unsaturated/α-hetero) is 1. The standard InChI is InChI=1S/C7H7FO/c8-6-4-2-1-3-5(4)7(6)9/h1-2,4-6H,3H2/t4-,5+,6-/m1/s1. The Morgan fingerprint density at radius 1 is 1.67 bits per heavy atom. The van der Waals surface area contributed by atoms with Crippen molar-refractivity contribution in [1.82, 2.24) is 0 Å². The molecule has 2 aliphatic rings. The van der Waals surface area contributed by atoms with Crippen LogP contribution in [0.1, 0.15) is 6.42 Å². The van der Waals surface area contributed by atoms with Gasteiger partial charge in [-0.2, -0.15) is 0 Å². The van der Waals surface area contributed by atoms with Gasteiger partial charge in [0, 0.05) is 11.8 Å². The molecule has 3 atom stereocenters. The lowest BCUT2D eigenvalue weighted by Crippen LogP contribution is -2.46. The van der Waals surface area contributed by atoms with Gasteiger partial charge >= 0.3 is 0 Å².